The summed E-state index contributed by atoms with van der Waals surface area (Å²) in [4.78, 5) is 26.2. The van der Waals surface area contributed by atoms with Gasteiger partial charge in [-0.1, -0.05) is 37.3 Å². The van der Waals surface area contributed by atoms with Crippen molar-refractivity contribution in [2.75, 3.05) is 31.1 Å². The van der Waals surface area contributed by atoms with E-state index >= 15 is 0 Å². The van der Waals surface area contributed by atoms with Gasteiger partial charge in [0.1, 0.15) is 5.69 Å². The summed E-state index contributed by atoms with van der Waals surface area (Å²) in [5, 5.41) is 0. The maximum absolute atomic E-state index is 13.0. The topological polar surface area (TPSA) is 62.5 Å². The molecule has 0 unspecified atom stereocenters. The standard InChI is InChI=1S/C22H24N4O2/c1-2-18(17-7-4-3-5-8-17)21(27)25-12-14-26(15-13-25)22-23-11-10-19(24-22)20-9-6-16-28-20/h3-11,16,18H,2,12-15H2,1H3/t18-/m0/s1. The van der Waals surface area contributed by atoms with E-state index in [-0.39, 0.29) is 11.8 Å². The molecular weight excluding hydrogens is 352 g/mol. The van der Waals surface area contributed by atoms with Gasteiger partial charge in [0.2, 0.25) is 11.9 Å². The molecular formula is C22H24N4O2. The molecule has 1 amide bonds. The van der Waals surface area contributed by atoms with Crippen molar-refractivity contribution in [2.45, 2.75) is 19.3 Å². The van der Waals surface area contributed by atoms with Crippen LogP contribution >= 0.6 is 0 Å². The fourth-order valence-electron chi connectivity index (χ4n) is 3.65. The third kappa shape index (κ3) is 3.76. The zero-order valence-electron chi connectivity index (χ0n) is 16.0. The van der Waals surface area contributed by atoms with Crippen molar-refractivity contribution in [3.05, 3.63) is 66.6 Å². The fourth-order valence-corrected chi connectivity index (χ4v) is 3.65. The zero-order chi connectivity index (χ0) is 19.3. The number of aromatic nitrogens is 2. The van der Waals surface area contributed by atoms with Crippen LogP contribution < -0.4 is 4.90 Å². The lowest BCUT2D eigenvalue weighted by Crippen LogP contribution is -2.50. The zero-order valence-corrected chi connectivity index (χ0v) is 16.0. The van der Waals surface area contributed by atoms with Crippen LogP contribution in [0, 0.1) is 0 Å². The number of piperazine rings is 1. The van der Waals surface area contributed by atoms with Crippen molar-refractivity contribution in [3.8, 4) is 11.5 Å². The van der Waals surface area contributed by atoms with Crippen LogP contribution in [0.2, 0.25) is 0 Å². The number of nitrogens with zero attached hydrogens (tertiary/aromatic N) is 4. The highest BCUT2D eigenvalue weighted by Crippen LogP contribution is 2.24. The maximum Gasteiger partial charge on any atom is 0.230 e. The number of carbonyl (C=O) groups excluding carboxylic acids is 1. The number of amides is 1. The van der Waals surface area contributed by atoms with E-state index < -0.39 is 0 Å². The Hall–Kier alpha value is -3.15. The van der Waals surface area contributed by atoms with E-state index in [0.29, 0.717) is 19.0 Å². The van der Waals surface area contributed by atoms with Crippen molar-refractivity contribution < 1.29 is 9.21 Å². The Labute approximate surface area is 164 Å². The predicted octanol–water partition coefficient (Wildman–Crippen LogP) is 3.58. The number of hydrogen-bond donors (Lipinski definition) is 0. The first-order valence-electron chi connectivity index (χ1n) is 9.72. The van der Waals surface area contributed by atoms with Gasteiger partial charge in [-0.25, -0.2) is 9.97 Å². The molecule has 1 atom stereocenters. The lowest BCUT2D eigenvalue weighted by atomic mass is 9.95. The summed E-state index contributed by atoms with van der Waals surface area (Å²) < 4.78 is 5.43. The highest BCUT2D eigenvalue weighted by Gasteiger charge is 2.28. The molecule has 6 nitrogen and oxygen atoms in total. The summed E-state index contributed by atoms with van der Waals surface area (Å²) in [6, 6.07) is 15.6. The normalized spacial score (nSPS) is 15.5. The van der Waals surface area contributed by atoms with E-state index in [2.05, 4.69) is 21.8 Å². The van der Waals surface area contributed by atoms with E-state index in [1.807, 2.05) is 53.4 Å². The van der Waals surface area contributed by atoms with E-state index in [1.54, 1.807) is 12.5 Å². The van der Waals surface area contributed by atoms with Gasteiger partial charge in [-0.15, -0.1) is 0 Å². The van der Waals surface area contributed by atoms with Crippen LogP contribution in [0.4, 0.5) is 5.95 Å². The third-order valence-corrected chi connectivity index (χ3v) is 5.20. The maximum atomic E-state index is 13.0. The minimum Gasteiger partial charge on any atom is -0.463 e. The molecule has 3 heterocycles. The fraction of sp³-hybridized carbons (Fsp3) is 0.318. The predicted molar refractivity (Wildman–Crippen MR) is 108 cm³/mol. The number of carbonyl (C=O) groups is 1. The first-order valence-corrected chi connectivity index (χ1v) is 9.72. The van der Waals surface area contributed by atoms with Gasteiger partial charge in [0.25, 0.3) is 0 Å². The van der Waals surface area contributed by atoms with Crippen LogP contribution in [0.1, 0.15) is 24.8 Å². The summed E-state index contributed by atoms with van der Waals surface area (Å²) in [6.45, 7) is 4.87. The molecule has 6 heteroatoms. The van der Waals surface area contributed by atoms with Crippen molar-refractivity contribution in [2.24, 2.45) is 0 Å². The molecule has 1 fully saturated rings. The molecule has 1 aliphatic heterocycles. The third-order valence-electron chi connectivity index (χ3n) is 5.20. The molecule has 144 valence electrons. The average molecular weight is 376 g/mol. The summed E-state index contributed by atoms with van der Waals surface area (Å²) in [5.41, 5.74) is 1.86. The molecule has 0 saturated carbocycles. The van der Waals surface area contributed by atoms with E-state index in [1.165, 1.54) is 0 Å². The van der Waals surface area contributed by atoms with Crippen LogP contribution in [0.5, 0.6) is 0 Å². The van der Waals surface area contributed by atoms with E-state index in [9.17, 15) is 4.79 Å². The highest BCUT2D eigenvalue weighted by molar-refractivity contribution is 5.84. The Morgan fingerprint density at radius 2 is 1.86 bits per heavy atom. The largest absolute Gasteiger partial charge is 0.463 e. The first kappa shape index (κ1) is 18.2. The van der Waals surface area contributed by atoms with Crippen LogP contribution in [-0.2, 0) is 4.79 Å². The SMILES string of the molecule is CC[C@H](C(=O)N1CCN(c2nccc(-c3ccco3)n2)CC1)c1ccccc1. The smallest absolute Gasteiger partial charge is 0.230 e. The highest BCUT2D eigenvalue weighted by atomic mass is 16.3. The van der Waals surface area contributed by atoms with Gasteiger partial charge >= 0.3 is 0 Å². The number of furan rings is 1. The van der Waals surface area contributed by atoms with Gasteiger partial charge in [0.15, 0.2) is 5.76 Å². The van der Waals surface area contributed by atoms with Crippen LogP contribution in [-0.4, -0.2) is 47.0 Å². The summed E-state index contributed by atoms with van der Waals surface area (Å²) >= 11 is 0. The number of anilines is 1. The molecule has 2 aromatic heterocycles. The Kier molecular flexibility index (Phi) is 5.37. The molecule has 0 N–H and O–H groups in total. The second kappa shape index (κ2) is 8.25. The Balaban J connectivity index is 1.42. The first-order chi connectivity index (χ1) is 13.8. The molecule has 3 aromatic rings. The number of benzene rings is 1. The van der Waals surface area contributed by atoms with Gasteiger partial charge in [-0.05, 0) is 30.2 Å². The lowest BCUT2D eigenvalue weighted by Gasteiger charge is -2.36. The second-order valence-electron chi connectivity index (χ2n) is 6.90. The van der Waals surface area contributed by atoms with Gasteiger partial charge < -0.3 is 14.2 Å². The van der Waals surface area contributed by atoms with Gasteiger partial charge in [-0.3, -0.25) is 4.79 Å². The minimum absolute atomic E-state index is 0.0775. The van der Waals surface area contributed by atoms with Crippen LogP contribution in [0.25, 0.3) is 11.5 Å². The Bertz CT molecular complexity index is 903. The van der Waals surface area contributed by atoms with E-state index in [0.717, 1.165) is 36.5 Å². The molecule has 1 aliphatic rings. The molecule has 28 heavy (non-hydrogen) atoms. The molecule has 4 rings (SSSR count). The van der Waals surface area contributed by atoms with E-state index in [4.69, 9.17) is 4.42 Å². The summed E-state index contributed by atoms with van der Waals surface area (Å²) in [6.07, 6.45) is 4.19. The summed E-state index contributed by atoms with van der Waals surface area (Å²) in [7, 11) is 0. The second-order valence-corrected chi connectivity index (χ2v) is 6.90. The van der Waals surface area contributed by atoms with Gasteiger partial charge in [0.05, 0.1) is 12.2 Å². The monoisotopic (exact) mass is 376 g/mol. The molecule has 0 radical (unpaired) electrons. The minimum atomic E-state index is -0.0775. The Morgan fingerprint density at radius 3 is 2.54 bits per heavy atom. The summed E-state index contributed by atoms with van der Waals surface area (Å²) in [5.74, 6) is 1.53. The van der Waals surface area contributed by atoms with Crippen molar-refractivity contribution in [1.82, 2.24) is 14.9 Å². The van der Waals surface area contributed by atoms with Crippen molar-refractivity contribution >= 4 is 11.9 Å². The average Bonchev–Trinajstić information content (AvgIpc) is 3.30. The molecule has 1 aromatic carbocycles. The molecule has 1 saturated heterocycles. The van der Waals surface area contributed by atoms with Crippen LogP contribution in [0.15, 0.2) is 65.4 Å². The molecule has 0 bridgehead atoms. The van der Waals surface area contributed by atoms with Crippen molar-refractivity contribution in [3.63, 3.8) is 0 Å². The van der Waals surface area contributed by atoms with Crippen LogP contribution in [0.3, 0.4) is 0 Å². The quantitative estimate of drug-likeness (QED) is 0.681. The lowest BCUT2D eigenvalue weighted by molar-refractivity contribution is -0.133. The molecule has 0 spiro atoms. The molecule has 0 aliphatic carbocycles. The number of rotatable bonds is 5. The Morgan fingerprint density at radius 1 is 1.07 bits per heavy atom. The van der Waals surface area contributed by atoms with Gasteiger partial charge in [0, 0.05) is 32.4 Å². The number of hydrogen-bond acceptors (Lipinski definition) is 5. The van der Waals surface area contributed by atoms with Gasteiger partial charge in [-0.2, -0.15) is 0 Å². The van der Waals surface area contributed by atoms with Crippen molar-refractivity contribution in [1.29, 1.82) is 0 Å².